The third kappa shape index (κ3) is 4.06. The van der Waals surface area contributed by atoms with Crippen molar-refractivity contribution in [1.82, 2.24) is 4.90 Å². The number of thiophene rings is 1. The van der Waals surface area contributed by atoms with Crippen molar-refractivity contribution in [2.24, 2.45) is 0 Å². The average molecular weight is 305 g/mol. The van der Waals surface area contributed by atoms with Crippen molar-refractivity contribution in [1.29, 1.82) is 0 Å². The number of hydrogen-bond acceptors (Lipinski definition) is 4. The third-order valence-electron chi connectivity index (χ3n) is 3.86. The fraction of sp³-hybridized carbons (Fsp3) is 0.412. The van der Waals surface area contributed by atoms with Gasteiger partial charge in [-0.1, -0.05) is 25.1 Å². The molecule has 0 amide bonds. The van der Waals surface area contributed by atoms with Gasteiger partial charge in [0.2, 0.25) is 0 Å². The number of aryl methyl sites for hydroxylation is 1. The monoisotopic (exact) mass is 305 g/mol. The predicted octanol–water partition coefficient (Wildman–Crippen LogP) is 3.54. The lowest BCUT2D eigenvalue weighted by Gasteiger charge is -2.30. The van der Waals surface area contributed by atoms with Crippen LogP contribution in [0.4, 0.5) is 0 Å². The van der Waals surface area contributed by atoms with E-state index in [4.69, 9.17) is 0 Å². The van der Waals surface area contributed by atoms with E-state index in [2.05, 4.69) is 28.7 Å². The summed E-state index contributed by atoms with van der Waals surface area (Å²) in [6.07, 6.45) is 0.882. The number of aliphatic hydroxyl groups excluding tert-OH is 1. The molecule has 0 saturated carbocycles. The highest BCUT2D eigenvalue weighted by Crippen LogP contribution is 2.25. The number of aromatic hydroxyl groups is 1. The summed E-state index contributed by atoms with van der Waals surface area (Å²) in [7, 11) is 0. The summed E-state index contributed by atoms with van der Waals surface area (Å²) in [5.41, 5.74) is 3.05. The van der Waals surface area contributed by atoms with Crippen molar-refractivity contribution < 1.29 is 10.2 Å². The molecule has 0 spiro atoms. The zero-order valence-corrected chi connectivity index (χ0v) is 13.4. The first kappa shape index (κ1) is 16.0. The molecule has 2 aromatic rings. The summed E-state index contributed by atoms with van der Waals surface area (Å²) in [5, 5.41) is 24.0. The van der Waals surface area contributed by atoms with Gasteiger partial charge in [0, 0.05) is 24.7 Å². The maximum Gasteiger partial charge on any atom is 0.122 e. The molecule has 1 aromatic heterocycles. The van der Waals surface area contributed by atoms with Crippen molar-refractivity contribution >= 4 is 11.3 Å². The maximum atomic E-state index is 10.2. The second-order valence-electron chi connectivity index (χ2n) is 5.36. The van der Waals surface area contributed by atoms with Gasteiger partial charge in [0.1, 0.15) is 5.75 Å². The van der Waals surface area contributed by atoms with Gasteiger partial charge in [0.15, 0.2) is 0 Å². The van der Waals surface area contributed by atoms with Crippen molar-refractivity contribution in [2.75, 3.05) is 6.61 Å². The van der Waals surface area contributed by atoms with E-state index in [0.717, 1.165) is 24.1 Å². The molecule has 0 bridgehead atoms. The minimum absolute atomic E-state index is 0.102. The summed E-state index contributed by atoms with van der Waals surface area (Å²) >= 11 is 1.68. The van der Waals surface area contributed by atoms with E-state index in [9.17, 15) is 10.2 Å². The van der Waals surface area contributed by atoms with Crippen LogP contribution in [0.15, 0.2) is 35.0 Å². The van der Waals surface area contributed by atoms with E-state index < -0.39 is 0 Å². The highest BCUT2D eigenvalue weighted by atomic mass is 32.1. The van der Waals surface area contributed by atoms with Gasteiger partial charge in [-0.05, 0) is 41.3 Å². The minimum Gasteiger partial charge on any atom is -0.507 e. The zero-order chi connectivity index (χ0) is 15.2. The highest BCUT2D eigenvalue weighted by molar-refractivity contribution is 7.07. The molecule has 0 aliphatic rings. The number of nitrogens with zero attached hydrogens (tertiary/aromatic N) is 1. The first-order chi connectivity index (χ1) is 10.2. The number of aliphatic hydroxyl groups is 1. The number of rotatable bonds is 7. The molecule has 1 aromatic carbocycles. The predicted molar refractivity (Wildman–Crippen MR) is 87.6 cm³/mol. The lowest BCUT2D eigenvalue weighted by Crippen LogP contribution is -2.36. The summed E-state index contributed by atoms with van der Waals surface area (Å²) < 4.78 is 0. The lowest BCUT2D eigenvalue weighted by atomic mass is 10.1. The van der Waals surface area contributed by atoms with Gasteiger partial charge in [-0.25, -0.2) is 0 Å². The van der Waals surface area contributed by atoms with Crippen LogP contribution in [-0.2, 0) is 13.1 Å². The first-order valence-corrected chi connectivity index (χ1v) is 8.23. The Hall–Kier alpha value is -1.36. The van der Waals surface area contributed by atoms with Crippen LogP contribution in [0.25, 0.3) is 0 Å². The Morgan fingerprint density at radius 3 is 2.67 bits per heavy atom. The molecule has 0 fully saturated rings. The molecule has 2 rings (SSSR count). The highest BCUT2D eigenvalue weighted by Gasteiger charge is 2.18. The number of phenols is 1. The Bertz CT molecular complexity index is 550. The van der Waals surface area contributed by atoms with Crippen molar-refractivity contribution in [3.05, 3.63) is 51.7 Å². The van der Waals surface area contributed by atoms with Crippen LogP contribution < -0.4 is 0 Å². The SMILES string of the molecule is CC[C@H](CO)N(Cc1ccsc1)Cc1cccc(C)c1O. The molecule has 0 saturated heterocycles. The molecule has 2 N–H and O–H groups in total. The fourth-order valence-electron chi connectivity index (χ4n) is 2.50. The Morgan fingerprint density at radius 1 is 1.24 bits per heavy atom. The number of para-hydroxylation sites is 1. The largest absolute Gasteiger partial charge is 0.507 e. The molecule has 21 heavy (non-hydrogen) atoms. The fourth-order valence-corrected chi connectivity index (χ4v) is 3.16. The molecule has 114 valence electrons. The van der Waals surface area contributed by atoms with Gasteiger partial charge in [-0.3, -0.25) is 4.90 Å². The number of benzene rings is 1. The van der Waals surface area contributed by atoms with Gasteiger partial charge in [0.05, 0.1) is 6.61 Å². The van der Waals surface area contributed by atoms with Crippen LogP contribution >= 0.6 is 11.3 Å². The summed E-state index contributed by atoms with van der Waals surface area (Å²) in [6.45, 7) is 5.55. The van der Waals surface area contributed by atoms with E-state index in [1.807, 2.05) is 25.1 Å². The Balaban J connectivity index is 2.20. The van der Waals surface area contributed by atoms with Gasteiger partial charge in [-0.2, -0.15) is 11.3 Å². The molecule has 0 aliphatic heterocycles. The second kappa shape index (κ2) is 7.59. The van der Waals surface area contributed by atoms with Crippen LogP contribution in [0.1, 0.15) is 30.0 Å². The normalized spacial score (nSPS) is 12.8. The topological polar surface area (TPSA) is 43.7 Å². The van der Waals surface area contributed by atoms with Gasteiger partial charge < -0.3 is 10.2 Å². The number of phenolic OH excluding ortho intramolecular Hbond substituents is 1. The number of hydrogen-bond donors (Lipinski definition) is 2. The third-order valence-corrected chi connectivity index (χ3v) is 4.59. The Kier molecular flexibility index (Phi) is 5.79. The van der Waals surface area contributed by atoms with Crippen molar-refractivity contribution in [2.45, 2.75) is 39.4 Å². The summed E-state index contributed by atoms with van der Waals surface area (Å²) in [5.74, 6) is 0.362. The van der Waals surface area contributed by atoms with Crippen LogP contribution in [0, 0.1) is 6.92 Å². The van der Waals surface area contributed by atoms with E-state index >= 15 is 0 Å². The van der Waals surface area contributed by atoms with E-state index in [-0.39, 0.29) is 12.6 Å². The first-order valence-electron chi connectivity index (χ1n) is 7.29. The smallest absolute Gasteiger partial charge is 0.122 e. The standard InChI is InChI=1S/C17H23NO2S/c1-3-16(11-19)18(9-14-7-8-21-12-14)10-15-6-4-5-13(2)17(15)20/h4-8,12,16,19-20H,3,9-11H2,1-2H3/t16-/m1/s1. The van der Waals surface area contributed by atoms with Gasteiger partial charge in [0.25, 0.3) is 0 Å². The molecular formula is C17H23NO2S. The van der Waals surface area contributed by atoms with E-state index in [0.29, 0.717) is 12.3 Å². The van der Waals surface area contributed by atoms with Crippen LogP contribution in [0.5, 0.6) is 5.75 Å². The Labute approximate surface area is 130 Å². The molecule has 1 atom stereocenters. The summed E-state index contributed by atoms with van der Waals surface area (Å²) in [4.78, 5) is 2.23. The molecule has 0 unspecified atom stereocenters. The van der Waals surface area contributed by atoms with Crippen molar-refractivity contribution in [3.63, 3.8) is 0 Å². The van der Waals surface area contributed by atoms with Crippen LogP contribution in [0.2, 0.25) is 0 Å². The van der Waals surface area contributed by atoms with E-state index in [1.54, 1.807) is 11.3 Å². The van der Waals surface area contributed by atoms with Gasteiger partial charge in [-0.15, -0.1) is 0 Å². The Morgan fingerprint density at radius 2 is 2.05 bits per heavy atom. The van der Waals surface area contributed by atoms with Crippen molar-refractivity contribution in [3.8, 4) is 5.75 Å². The zero-order valence-electron chi connectivity index (χ0n) is 12.6. The quantitative estimate of drug-likeness (QED) is 0.822. The second-order valence-corrected chi connectivity index (χ2v) is 6.14. The molecule has 1 heterocycles. The molecule has 0 radical (unpaired) electrons. The van der Waals surface area contributed by atoms with Crippen LogP contribution in [0.3, 0.4) is 0 Å². The summed E-state index contributed by atoms with van der Waals surface area (Å²) in [6, 6.07) is 8.04. The maximum absolute atomic E-state index is 10.2. The molecule has 4 heteroatoms. The lowest BCUT2D eigenvalue weighted by molar-refractivity contribution is 0.106. The van der Waals surface area contributed by atoms with E-state index in [1.165, 1.54) is 5.56 Å². The van der Waals surface area contributed by atoms with Gasteiger partial charge >= 0.3 is 0 Å². The van der Waals surface area contributed by atoms with Crippen LogP contribution in [-0.4, -0.2) is 27.8 Å². The molecular weight excluding hydrogens is 282 g/mol. The molecule has 0 aliphatic carbocycles. The minimum atomic E-state index is 0.102. The molecule has 3 nitrogen and oxygen atoms in total. The average Bonchev–Trinajstić information content (AvgIpc) is 2.98.